The molecule has 3 rings (SSSR count). The van der Waals surface area contributed by atoms with Crippen LogP contribution >= 0.6 is 0 Å². The molecule has 0 bridgehead atoms. The molecule has 2 aliphatic rings. The van der Waals surface area contributed by atoms with E-state index in [-0.39, 0.29) is 17.9 Å². The average molecular weight is 358 g/mol. The second-order valence-corrected chi connectivity index (χ2v) is 8.48. The van der Waals surface area contributed by atoms with Gasteiger partial charge in [-0.25, -0.2) is 0 Å². The lowest BCUT2D eigenvalue weighted by Crippen LogP contribution is -2.29. The molecule has 3 unspecified atom stereocenters. The Morgan fingerprint density at radius 1 is 0.962 bits per heavy atom. The van der Waals surface area contributed by atoms with Crippen molar-refractivity contribution in [3.63, 3.8) is 0 Å². The lowest BCUT2D eigenvalue weighted by atomic mass is 9.76. The van der Waals surface area contributed by atoms with E-state index < -0.39 is 5.41 Å². The van der Waals surface area contributed by atoms with Crippen LogP contribution in [0.25, 0.3) is 0 Å². The van der Waals surface area contributed by atoms with Gasteiger partial charge >= 0.3 is 11.9 Å². The van der Waals surface area contributed by atoms with Crippen LogP contribution in [0.3, 0.4) is 0 Å². The number of hydrogen-bond acceptors (Lipinski definition) is 4. The van der Waals surface area contributed by atoms with Crippen LogP contribution in [0.2, 0.25) is 0 Å². The highest BCUT2D eigenvalue weighted by molar-refractivity contribution is 5.78. The average Bonchev–Trinajstić information content (AvgIpc) is 3.11. The summed E-state index contributed by atoms with van der Waals surface area (Å²) >= 11 is 0. The predicted octanol–water partition coefficient (Wildman–Crippen LogP) is 5.15. The molecule has 0 heterocycles. The number of ether oxygens (including phenoxy) is 2. The van der Waals surface area contributed by atoms with Gasteiger partial charge in [0.1, 0.15) is 11.5 Å². The number of benzene rings is 1. The Bertz CT molecular complexity index is 647. The molecular formula is C22H30O4. The van der Waals surface area contributed by atoms with Gasteiger partial charge in [-0.1, -0.05) is 26.2 Å². The number of hydrogen-bond donors (Lipinski definition) is 0. The van der Waals surface area contributed by atoms with Gasteiger partial charge in [-0.05, 0) is 75.6 Å². The fourth-order valence-electron chi connectivity index (χ4n) is 4.08. The van der Waals surface area contributed by atoms with Gasteiger partial charge < -0.3 is 9.47 Å². The Morgan fingerprint density at radius 2 is 1.58 bits per heavy atom. The largest absolute Gasteiger partial charge is 0.426 e. The lowest BCUT2D eigenvalue weighted by molar-refractivity contribution is -0.144. The van der Waals surface area contributed by atoms with E-state index in [9.17, 15) is 9.59 Å². The van der Waals surface area contributed by atoms with E-state index in [1.165, 1.54) is 19.3 Å². The number of fused-ring (bicyclic) bond motifs is 1. The summed E-state index contributed by atoms with van der Waals surface area (Å²) in [4.78, 5) is 24.6. The summed E-state index contributed by atoms with van der Waals surface area (Å²) < 4.78 is 11.0. The molecule has 0 N–H and O–H groups in total. The molecular weight excluding hydrogens is 328 g/mol. The molecule has 4 nitrogen and oxygen atoms in total. The van der Waals surface area contributed by atoms with E-state index in [1.54, 1.807) is 24.3 Å². The molecule has 3 atom stereocenters. The van der Waals surface area contributed by atoms with E-state index in [1.807, 2.05) is 20.8 Å². The monoisotopic (exact) mass is 358 g/mol. The van der Waals surface area contributed by atoms with Gasteiger partial charge in [0.2, 0.25) is 0 Å². The summed E-state index contributed by atoms with van der Waals surface area (Å²) in [6, 6.07) is 6.75. The molecule has 0 saturated heterocycles. The summed E-state index contributed by atoms with van der Waals surface area (Å²) in [6.07, 6.45) is 7.71. The third-order valence-electron chi connectivity index (χ3n) is 6.31. The van der Waals surface area contributed by atoms with Crippen LogP contribution in [0.15, 0.2) is 24.3 Å². The topological polar surface area (TPSA) is 52.6 Å². The molecule has 142 valence electrons. The lowest BCUT2D eigenvalue weighted by Gasteiger charge is -2.30. The molecule has 0 radical (unpaired) electrons. The van der Waals surface area contributed by atoms with Crippen LogP contribution in [0.4, 0.5) is 0 Å². The maximum absolute atomic E-state index is 12.5. The third kappa shape index (κ3) is 4.28. The highest BCUT2D eigenvalue weighted by atomic mass is 16.5. The fraction of sp³-hybridized carbons (Fsp3) is 0.636. The van der Waals surface area contributed by atoms with Crippen LogP contribution in [0.1, 0.15) is 65.7 Å². The van der Waals surface area contributed by atoms with Crippen LogP contribution in [-0.4, -0.2) is 11.9 Å². The number of rotatable bonds is 5. The van der Waals surface area contributed by atoms with Gasteiger partial charge in [-0.15, -0.1) is 0 Å². The highest BCUT2D eigenvalue weighted by Crippen LogP contribution is 2.44. The van der Waals surface area contributed by atoms with Crippen molar-refractivity contribution in [1.29, 1.82) is 0 Å². The van der Waals surface area contributed by atoms with Crippen molar-refractivity contribution in [1.82, 2.24) is 0 Å². The zero-order valence-corrected chi connectivity index (χ0v) is 16.1. The first-order valence-corrected chi connectivity index (χ1v) is 9.93. The maximum atomic E-state index is 12.5. The van der Waals surface area contributed by atoms with Crippen LogP contribution in [0, 0.1) is 23.2 Å². The molecule has 2 aliphatic carbocycles. The third-order valence-corrected chi connectivity index (χ3v) is 6.31. The zero-order valence-electron chi connectivity index (χ0n) is 16.1. The van der Waals surface area contributed by atoms with Crippen LogP contribution < -0.4 is 9.47 Å². The van der Waals surface area contributed by atoms with Gasteiger partial charge in [0.05, 0.1) is 11.3 Å². The van der Waals surface area contributed by atoms with Gasteiger partial charge in [0.15, 0.2) is 0 Å². The van der Waals surface area contributed by atoms with Crippen LogP contribution in [-0.2, 0) is 9.59 Å². The summed E-state index contributed by atoms with van der Waals surface area (Å²) in [5, 5.41) is 0. The first-order valence-electron chi connectivity index (χ1n) is 9.93. The minimum absolute atomic E-state index is 0.0252. The van der Waals surface area contributed by atoms with Crippen molar-refractivity contribution < 1.29 is 19.1 Å². The van der Waals surface area contributed by atoms with Crippen molar-refractivity contribution in [3.8, 4) is 11.5 Å². The molecule has 1 aromatic carbocycles. The van der Waals surface area contributed by atoms with Gasteiger partial charge in [0, 0.05) is 0 Å². The standard InChI is InChI=1S/C22H30O4/c1-4-22(2,3)21(24)26-19-12-10-18(11-13-19)25-20(23)17-9-8-15-6-5-7-16(15)14-17/h10-13,15-17H,4-9,14H2,1-3H3. The Kier molecular flexibility index (Phi) is 5.69. The first-order chi connectivity index (χ1) is 12.4. The molecule has 4 heteroatoms. The van der Waals surface area contributed by atoms with Crippen molar-refractivity contribution >= 4 is 11.9 Å². The minimum Gasteiger partial charge on any atom is -0.426 e. The molecule has 0 aromatic heterocycles. The summed E-state index contributed by atoms with van der Waals surface area (Å²) in [7, 11) is 0. The summed E-state index contributed by atoms with van der Waals surface area (Å²) in [6.45, 7) is 5.69. The van der Waals surface area contributed by atoms with Crippen LogP contribution in [0.5, 0.6) is 11.5 Å². The quantitative estimate of drug-likeness (QED) is 0.539. The fourth-order valence-corrected chi connectivity index (χ4v) is 4.08. The molecule has 0 aliphatic heterocycles. The summed E-state index contributed by atoms with van der Waals surface area (Å²) in [5.74, 6) is 2.19. The molecule has 2 fully saturated rings. The number of esters is 2. The maximum Gasteiger partial charge on any atom is 0.316 e. The highest BCUT2D eigenvalue weighted by Gasteiger charge is 2.37. The predicted molar refractivity (Wildman–Crippen MR) is 100.0 cm³/mol. The smallest absolute Gasteiger partial charge is 0.316 e. The molecule has 0 amide bonds. The number of carbonyl (C=O) groups excluding carboxylic acids is 2. The summed E-state index contributed by atoms with van der Waals surface area (Å²) in [5.41, 5.74) is -0.510. The van der Waals surface area contributed by atoms with Crippen molar-refractivity contribution in [3.05, 3.63) is 24.3 Å². The van der Waals surface area contributed by atoms with Gasteiger partial charge in [-0.2, -0.15) is 0 Å². The number of carbonyl (C=O) groups is 2. The molecule has 1 aromatic rings. The molecule has 26 heavy (non-hydrogen) atoms. The van der Waals surface area contributed by atoms with E-state index in [4.69, 9.17) is 9.47 Å². The molecule has 2 saturated carbocycles. The first kappa shape index (κ1) is 18.9. The van der Waals surface area contributed by atoms with E-state index >= 15 is 0 Å². The Labute approximate surface area is 156 Å². The zero-order chi connectivity index (χ0) is 18.7. The second-order valence-electron chi connectivity index (χ2n) is 8.48. The van der Waals surface area contributed by atoms with Crippen molar-refractivity contribution in [2.24, 2.45) is 23.2 Å². The Morgan fingerprint density at radius 3 is 2.23 bits per heavy atom. The van der Waals surface area contributed by atoms with Crippen molar-refractivity contribution in [2.45, 2.75) is 65.7 Å². The van der Waals surface area contributed by atoms with E-state index in [2.05, 4.69) is 0 Å². The van der Waals surface area contributed by atoms with Gasteiger partial charge in [0.25, 0.3) is 0 Å². The van der Waals surface area contributed by atoms with E-state index in [0.717, 1.165) is 25.2 Å². The normalized spacial score (nSPS) is 25.4. The Balaban J connectivity index is 1.54. The Hall–Kier alpha value is -1.84. The van der Waals surface area contributed by atoms with E-state index in [0.29, 0.717) is 23.8 Å². The second kappa shape index (κ2) is 7.81. The van der Waals surface area contributed by atoms with Gasteiger partial charge in [-0.3, -0.25) is 9.59 Å². The minimum atomic E-state index is -0.510. The SMILES string of the molecule is CCC(C)(C)C(=O)Oc1ccc(OC(=O)C2CCC3CCCC3C2)cc1. The van der Waals surface area contributed by atoms with Crippen molar-refractivity contribution in [2.75, 3.05) is 0 Å². The molecule has 0 spiro atoms.